The molecule has 2 aliphatic heterocycles. The lowest BCUT2D eigenvalue weighted by atomic mass is 9.87. The highest BCUT2D eigenvalue weighted by molar-refractivity contribution is 5.79. The molecular formula is C22H27FN4O. The van der Waals surface area contributed by atoms with Gasteiger partial charge >= 0.3 is 0 Å². The second-order valence-corrected chi connectivity index (χ2v) is 8.12. The fraction of sp³-hybridized carbons (Fsp3) is 0.500. The SMILES string of the molecule is Cc1cc(C)nc(N2CCCC3(CCC(=O)N3Cc3ccc(F)cc3)CC2)n1. The number of halogens is 1. The van der Waals surface area contributed by atoms with E-state index in [4.69, 9.17) is 0 Å². The van der Waals surface area contributed by atoms with E-state index in [2.05, 4.69) is 14.9 Å². The van der Waals surface area contributed by atoms with Crippen molar-refractivity contribution >= 4 is 11.9 Å². The number of likely N-dealkylation sites (tertiary alicyclic amines) is 1. The molecule has 3 heterocycles. The maximum atomic E-state index is 13.2. The molecule has 1 spiro atoms. The van der Waals surface area contributed by atoms with Crippen molar-refractivity contribution in [1.29, 1.82) is 0 Å². The van der Waals surface area contributed by atoms with Crippen molar-refractivity contribution in [2.45, 2.75) is 58.0 Å². The summed E-state index contributed by atoms with van der Waals surface area (Å²) in [7, 11) is 0. The highest BCUT2D eigenvalue weighted by Crippen LogP contribution is 2.40. The Morgan fingerprint density at radius 3 is 2.46 bits per heavy atom. The van der Waals surface area contributed by atoms with E-state index in [-0.39, 0.29) is 17.3 Å². The van der Waals surface area contributed by atoms with Crippen LogP contribution in [0.4, 0.5) is 10.3 Å². The maximum Gasteiger partial charge on any atom is 0.225 e. The first-order valence-electron chi connectivity index (χ1n) is 10.1. The molecule has 0 radical (unpaired) electrons. The van der Waals surface area contributed by atoms with E-state index >= 15 is 0 Å². The summed E-state index contributed by atoms with van der Waals surface area (Å²) in [6.07, 6.45) is 4.40. The summed E-state index contributed by atoms with van der Waals surface area (Å²) in [6.45, 7) is 6.30. The molecule has 1 atom stereocenters. The van der Waals surface area contributed by atoms with Crippen LogP contribution in [0.1, 0.15) is 49.1 Å². The lowest BCUT2D eigenvalue weighted by Crippen LogP contribution is -2.46. The summed E-state index contributed by atoms with van der Waals surface area (Å²) in [4.78, 5) is 26.2. The number of amides is 1. The van der Waals surface area contributed by atoms with Crippen molar-refractivity contribution in [2.24, 2.45) is 0 Å². The van der Waals surface area contributed by atoms with Gasteiger partial charge in [-0.1, -0.05) is 12.1 Å². The zero-order valence-electron chi connectivity index (χ0n) is 16.6. The van der Waals surface area contributed by atoms with Gasteiger partial charge < -0.3 is 9.80 Å². The predicted molar refractivity (Wildman–Crippen MR) is 106 cm³/mol. The average Bonchev–Trinajstić information content (AvgIpc) is 2.82. The van der Waals surface area contributed by atoms with E-state index < -0.39 is 0 Å². The number of carbonyl (C=O) groups excluding carboxylic acids is 1. The number of benzene rings is 1. The Bertz CT molecular complexity index is 849. The molecule has 1 amide bonds. The summed E-state index contributed by atoms with van der Waals surface area (Å²) in [5.41, 5.74) is 2.83. The largest absolute Gasteiger partial charge is 0.341 e. The molecule has 2 aliphatic rings. The Labute approximate surface area is 165 Å². The molecule has 1 aromatic carbocycles. The van der Waals surface area contributed by atoms with Gasteiger partial charge in [-0.15, -0.1) is 0 Å². The summed E-state index contributed by atoms with van der Waals surface area (Å²) < 4.78 is 13.2. The fourth-order valence-electron chi connectivity index (χ4n) is 4.65. The van der Waals surface area contributed by atoms with E-state index in [9.17, 15) is 9.18 Å². The minimum Gasteiger partial charge on any atom is -0.341 e. The van der Waals surface area contributed by atoms with E-state index in [1.165, 1.54) is 12.1 Å². The van der Waals surface area contributed by atoms with Crippen LogP contribution in [-0.2, 0) is 11.3 Å². The smallest absolute Gasteiger partial charge is 0.225 e. The molecule has 0 N–H and O–H groups in total. The first-order chi connectivity index (χ1) is 13.4. The quantitative estimate of drug-likeness (QED) is 0.811. The number of rotatable bonds is 3. The molecule has 1 unspecified atom stereocenters. The van der Waals surface area contributed by atoms with Gasteiger partial charge in [-0.2, -0.15) is 0 Å². The molecule has 0 bridgehead atoms. The predicted octanol–water partition coefficient (Wildman–Crippen LogP) is 3.78. The highest BCUT2D eigenvalue weighted by Gasteiger charge is 2.45. The Kier molecular flexibility index (Phi) is 5.04. The van der Waals surface area contributed by atoms with Gasteiger partial charge in [0.25, 0.3) is 0 Å². The average molecular weight is 382 g/mol. The van der Waals surface area contributed by atoms with Gasteiger partial charge in [0.05, 0.1) is 0 Å². The van der Waals surface area contributed by atoms with Crippen molar-refractivity contribution in [3.63, 3.8) is 0 Å². The molecule has 28 heavy (non-hydrogen) atoms. The second-order valence-electron chi connectivity index (χ2n) is 8.12. The Hall–Kier alpha value is -2.50. The molecule has 0 saturated carbocycles. The highest BCUT2D eigenvalue weighted by atomic mass is 19.1. The maximum absolute atomic E-state index is 13.2. The van der Waals surface area contributed by atoms with Crippen LogP contribution in [-0.4, -0.2) is 39.4 Å². The summed E-state index contributed by atoms with van der Waals surface area (Å²) in [6, 6.07) is 8.48. The standard InChI is InChI=1S/C22H27FN4O/c1-16-14-17(2)25-21(24-16)26-12-3-9-22(11-13-26)10-8-20(28)27(22)15-18-4-6-19(23)7-5-18/h4-7,14H,3,8-13,15H2,1-2H3. The van der Waals surface area contributed by atoms with Crippen LogP contribution in [0.15, 0.2) is 30.3 Å². The molecule has 148 valence electrons. The van der Waals surface area contributed by atoms with Crippen LogP contribution in [0.2, 0.25) is 0 Å². The molecule has 1 aromatic heterocycles. The molecule has 0 aliphatic carbocycles. The van der Waals surface area contributed by atoms with Crippen LogP contribution in [0.25, 0.3) is 0 Å². The number of carbonyl (C=O) groups is 1. The minimum atomic E-state index is -0.246. The fourth-order valence-corrected chi connectivity index (χ4v) is 4.65. The number of hydrogen-bond acceptors (Lipinski definition) is 4. The Balaban J connectivity index is 1.53. The van der Waals surface area contributed by atoms with Crippen LogP contribution in [0.3, 0.4) is 0 Å². The van der Waals surface area contributed by atoms with E-state index in [1.807, 2.05) is 24.8 Å². The van der Waals surface area contributed by atoms with Gasteiger partial charge in [-0.3, -0.25) is 4.79 Å². The van der Waals surface area contributed by atoms with Gasteiger partial charge in [0, 0.05) is 43.0 Å². The first kappa shape index (κ1) is 18.8. The van der Waals surface area contributed by atoms with Crippen LogP contribution >= 0.6 is 0 Å². The Morgan fingerprint density at radius 1 is 1.04 bits per heavy atom. The van der Waals surface area contributed by atoms with Gasteiger partial charge in [0.1, 0.15) is 5.82 Å². The van der Waals surface area contributed by atoms with Crippen LogP contribution < -0.4 is 4.90 Å². The molecule has 5 nitrogen and oxygen atoms in total. The van der Waals surface area contributed by atoms with Gasteiger partial charge in [-0.05, 0) is 63.3 Å². The first-order valence-corrected chi connectivity index (χ1v) is 10.1. The third-order valence-corrected chi connectivity index (χ3v) is 6.10. The summed E-state index contributed by atoms with van der Waals surface area (Å²) >= 11 is 0. The van der Waals surface area contributed by atoms with Crippen LogP contribution in [0, 0.1) is 19.7 Å². The van der Waals surface area contributed by atoms with Gasteiger partial charge in [-0.25, -0.2) is 14.4 Å². The zero-order valence-corrected chi connectivity index (χ0v) is 16.6. The van der Waals surface area contributed by atoms with Gasteiger partial charge in [0.2, 0.25) is 11.9 Å². The van der Waals surface area contributed by atoms with Crippen molar-refractivity contribution in [1.82, 2.24) is 14.9 Å². The minimum absolute atomic E-state index is 0.112. The topological polar surface area (TPSA) is 49.3 Å². The lowest BCUT2D eigenvalue weighted by Gasteiger charge is -2.38. The van der Waals surface area contributed by atoms with Crippen molar-refractivity contribution in [2.75, 3.05) is 18.0 Å². The molecule has 2 aromatic rings. The summed E-state index contributed by atoms with van der Waals surface area (Å²) in [5, 5.41) is 0. The molecular weight excluding hydrogens is 355 g/mol. The third kappa shape index (κ3) is 3.73. The number of aryl methyl sites for hydroxylation is 2. The van der Waals surface area contributed by atoms with Crippen molar-refractivity contribution < 1.29 is 9.18 Å². The normalized spacial score (nSPS) is 22.8. The monoisotopic (exact) mass is 382 g/mol. The summed E-state index contributed by atoms with van der Waals surface area (Å²) in [5.74, 6) is 0.758. The second kappa shape index (κ2) is 7.49. The molecule has 6 heteroatoms. The number of aromatic nitrogens is 2. The lowest BCUT2D eigenvalue weighted by molar-refractivity contribution is -0.132. The van der Waals surface area contributed by atoms with Crippen molar-refractivity contribution in [3.8, 4) is 0 Å². The number of nitrogens with zero attached hydrogens (tertiary/aromatic N) is 4. The molecule has 2 fully saturated rings. The van der Waals surface area contributed by atoms with Gasteiger partial charge in [0.15, 0.2) is 0 Å². The molecule has 4 rings (SSSR count). The van der Waals surface area contributed by atoms with Crippen molar-refractivity contribution in [3.05, 3.63) is 53.1 Å². The Morgan fingerprint density at radius 2 is 1.75 bits per heavy atom. The van der Waals surface area contributed by atoms with E-state index in [0.29, 0.717) is 13.0 Å². The van der Waals surface area contributed by atoms with E-state index in [1.54, 1.807) is 12.1 Å². The molecule has 2 saturated heterocycles. The van der Waals surface area contributed by atoms with E-state index in [0.717, 1.165) is 61.7 Å². The third-order valence-electron chi connectivity index (χ3n) is 6.10. The zero-order chi connectivity index (χ0) is 19.7. The van der Waals surface area contributed by atoms with Crippen LogP contribution in [0.5, 0.6) is 0 Å². The number of anilines is 1. The number of hydrogen-bond donors (Lipinski definition) is 0.